The Labute approximate surface area is 103 Å². The lowest BCUT2D eigenvalue weighted by atomic mass is 9.91. The molecule has 1 fully saturated rings. The first-order valence-electron chi connectivity index (χ1n) is 7.18. The highest BCUT2D eigenvalue weighted by atomic mass is 15.3. The maximum Gasteiger partial charge on any atom is 0.0674 e. The predicted octanol–water partition coefficient (Wildman–Crippen LogP) is 2.38. The summed E-state index contributed by atoms with van der Waals surface area (Å²) in [4.78, 5) is 0. The lowest BCUT2D eigenvalue weighted by Gasteiger charge is -2.17. The standard InChI is InChI=1S/C14H23N3/c15-9-8-12-14(11-5-1-2-6-11)13-7-3-4-10-17(13)16-12/h11H,1-10,15H2. The number of fused-ring (bicyclic) bond motifs is 1. The summed E-state index contributed by atoms with van der Waals surface area (Å²) in [6.45, 7) is 1.86. The van der Waals surface area contributed by atoms with Crippen LogP contribution in [-0.4, -0.2) is 16.3 Å². The maximum atomic E-state index is 5.74. The normalized spacial score (nSPS) is 20.8. The fraction of sp³-hybridized carbons (Fsp3) is 0.786. The van der Waals surface area contributed by atoms with E-state index in [-0.39, 0.29) is 0 Å². The van der Waals surface area contributed by atoms with E-state index in [1.54, 1.807) is 11.3 Å². The highest BCUT2D eigenvalue weighted by Crippen LogP contribution is 2.39. The van der Waals surface area contributed by atoms with E-state index in [1.807, 2.05) is 0 Å². The van der Waals surface area contributed by atoms with Gasteiger partial charge in [0.25, 0.3) is 0 Å². The smallest absolute Gasteiger partial charge is 0.0674 e. The van der Waals surface area contributed by atoms with Crippen LogP contribution in [0, 0.1) is 0 Å². The zero-order valence-electron chi connectivity index (χ0n) is 10.6. The molecule has 0 unspecified atom stereocenters. The summed E-state index contributed by atoms with van der Waals surface area (Å²) >= 11 is 0. The molecule has 1 aliphatic heterocycles. The van der Waals surface area contributed by atoms with Crippen LogP contribution in [0.5, 0.6) is 0 Å². The van der Waals surface area contributed by atoms with Crippen LogP contribution in [0.15, 0.2) is 0 Å². The molecule has 3 rings (SSSR count). The quantitative estimate of drug-likeness (QED) is 0.871. The van der Waals surface area contributed by atoms with Crippen LogP contribution in [-0.2, 0) is 19.4 Å². The summed E-state index contributed by atoms with van der Waals surface area (Å²) in [5.74, 6) is 0.790. The van der Waals surface area contributed by atoms with E-state index >= 15 is 0 Å². The van der Waals surface area contributed by atoms with E-state index in [0.29, 0.717) is 0 Å². The molecule has 2 N–H and O–H groups in total. The SMILES string of the molecule is NCCc1nn2c(c1C1CCCC1)CCCC2. The van der Waals surface area contributed by atoms with Crippen molar-refractivity contribution in [3.63, 3.8) is 0 Å². The highest BCUT2D eigenvalue weighted by molar-refractivity contribution is 5.32. The van der Waals surface area contributed by atoms with Gasteiger partial charge in [0.15, 0.2) is 0 Å². The Hall–Kier alpha value is -0.830. The Morgan fingerprint density at radius 2 is 2.00 bits per heavy atom. The second-order valence-electron chi connectivity index (χ2n) is 5.51. The van der Waals surface area contributed by atoms with Gasteiger partial charge in [0.2, 0.25) is 0 Å². The largest absolute Gasteiger partial charge is 0.330 e. The van der Waals surface area contributed by atoms with Gasteiger partial charge in [0.1, 0.15) is 0 Å². The number of nitrogens with zero attached hydrogens (tertiary/aromatic N) is 2. The van der Waals surface area contributed by atoms with E-state index in [4.69, 9.17) is 10.8 Å². The monoisotopic (exact) mass is 233 g/mol. The van der Waals surface area contributed by atoms with Crippen molar-refractivity contribution in [2.45, 2.75) is 63.8 Å². The van der Waals surface area contributed by atoms with Crippen LogP contribution >= 0.6 is 0 Å². The fourth-order valence-electron chi connectivity index (χ4n) is 3.58. The van der Waals surface area contributed by atoms with Crippen molar-refractivity contribution in [2.75, 3.05) is 6.54 Å². The first-order valence-corrected chi connectivity index (χ1v) is 7.18. The summed E-state index contributed by atoms with van der Waals surface area (Å²) < 4.78 is 2.28. The molecule has 17 heavy (non-hydrogen) atoms. The molecule has 2 aliphatic rings. The average molecular weight is 233 g/mol. The molecule has 0 bridgehead atoms. The molecule has 0 amide bonds. The summed E-state index contributed by atoms with van der Waals surface area (Å²) in [5, 5.41) is 4.82. The first kappa shape index (κ1) is 11.3. The van der Waals surface area contributed by atoms with Crippen molar-refractivity contribution in [2.24, 2.45) is 5.73 Å². The molecule has 94 valence electrons. The van der Waals surface area contributed by atoms with Crippen LogP contribution in [0.1, 0.15) is 61.4 Å². The molecule has 1 aromatic rings. The van der Waals surface area contributed by atoms with Gasteiger partial charge < -0.3 is 5.73 Å². The van der Waals surface area contributed by atoms with Gasteiger partial charge in [-0.05, 0) is 50.1 Å². The number of nitrogens with two attached hydrogens (primary N) is 1. The van der Waals surface area contributed by atoms with Crippen LogP contribution in [0.2, 0.25) is 0 Å². The van der Waals surface area contributed by atoms with Crippen molar-refractivity contribution < 1.29 is 0 Å². The predicted molar refractivity (Wildman–Crippen MR) is 69.1 cm³/mol. The molecule has 2 heterocycles. The molecular weight excluding hydrogens is 210 g/mol. The second kappa shape index (κ2) is 4.81. The van der Waals surface area contributed by atoms with Crippen molar-refractivity contribution in [3.05, 3.63) is 17.0 Å². The summed E-state index contributed by atoms with van der Waals surface area (Å²) in [6.07, 6.45) is 10.4. The van der Waals surface area contributed by atoms with Gasteiger partial charge in [0.05, 0.1) is 5.69 Å². The van der Waals surface area contributed by atoms with Crippen LogP contribution in [0.25, 0.3) is 0 Å². The topological polar surface area (TPSA) is 43.8 Å². The van der Waals surface area contributed by atoms with E-state index in [9.17, 15) is 0 Å². The third-order valence-electron chi connectivity index (χ3n) is 4.35. The summed E-state index contributed by atoms with van der Waals surface area (Å²) in [5.41, 5.74) is 10.2. The number of rotatable bonds is 3. The number of hydrogen-bond acceptors (Lipinski definition) is 2. The van der Waals surface area contributed by atoms with Crippen molar-refractivity contribution in [1.29, 1.82) is 0 Å². The van der Waals surface area contributed by atoms with Gasteiger partial charge in [0, 0.05) is 18.7 Å². The summed E-state index contributed by atoms with van der Waals surface area (Å²) in [6, 6.07) is 0. The zero-order chi connectivity index (χ0) is 11.7. The Bertz CT molecular complexity index is 388. The van der Waals surface area contributed by atoms with Crippen molar-refractivity contribution in [3.8, 4) is 0 Å². The minimum atomic E-state index is 0.732. The number of aryl methyl sites for hydroxylation is 1. The maximum absolute atomic E-state index is 5.74. The fourth-order valence-corrected chi connectivity index (χ4v) is 3.58. The van der Waals surface area contributed by atoms with E-state index in [2.05, 4.69) is 4.68 Å². The van der Waals surface area contributed by atoms with Gasteiger partial charge in [-0.15, -0.1) is 0 Å². The molecular formula is C14H23N3. The molecule has 0 spiro atoms. The zero-order valence-corrected chi connectivity index (χ0v) is 10.6. The molecule has 3 heteroatoms. The number of hydrogen-bond donors (Lipinski definition) is 1. The Balaban J connectivity index is 1.99. The van der Waals surface area contributed by atoms with E-state index in [1.165, 1.54) is 50.6 Å². The minimum Gasteiger partial charge on any atom is -0.330 e. The average Bonchev–Trinajstić information content (AvgIpc) is 2.94. The van der Waals surface area contributed by atoms with Gasteiger partial charge in [-0.1, -0.05) is 12.8 Å². The molecule has 1 aromatic heterocycles. The van der Waals surface area contributed by atoms with Gasteiger partial charge in [-0.3, -0.25) is 4.68 Å². The Morgan fingerprint density at radius 3 is 2.76 bits per heavy atom. The highest BCUT2D eigenvalue weighted by Gasteiger charge is 2.27. The lowest BCUT2D eigenvalue weighted by molar-refractivity contribution is 0.480. The Morgan fingerprint density at radius 1 is 1.18 bits per heavy atom. The minimum absolute atomic E-state index is 0.732. The third kappa shape index (κ3) is 2.01. The third-order valence-corrected chi connectivity index (χ3v) is 4.35. The number of aromatic nitrogens is 2. The molecule has 0 saturated heterocycles. The van der Waals surface area contributed by atoms with Crippen LogP contribution < -0.4 is 5.73 Å². The first-order chi connectivity index (χ1) is 8.40. The van der Waals surface area contributed by atoms with Crippen LogP contribution in [0.3, 0.4) is 0 Å². The lowest BCUT2D eigenvalue weighted by Crippen LogP contribution is -2.12. The van der Waals surface area contributed by atoms with E-state index < -0.39 is 0 Å². The Kier molecular flexibility index (Phi) is 3.19. The van der Waals surface area contributed by atoms with Crippen LogP contribution in [0.4, 0.5) is 0 Å². The van der Waals surface area contributed by atoms with Gasteiger partial charge >= 0.3 is 0 Å². The molecule has 0 aromatic carbocycles. The van der Waals surface area contributed by atoms with Gasteiger partial charge in [-0.25, -0.2) is 0 Å². The van der Waals surface area contributed by atoms with Crippen molar-refractivity contribution in [1.82, 2.24) is 9.78 Å². The molecule has 3 nitrogen and oxygen atoms in total. The summed E-state index contributed by atoms with van der Waals surface area (Å²) in [7, 11) is 0. The van der Waals surface area contributed by atoms with Crippen molar-refractivity contribution >= 4 is 0 Å². The van der Waals surface area contributed by atoms with E-state index in [0.717, 1.165) is 25.4 Å². The second-order valence-corrected chi connectivity index (χ2v) is 5.51. The molecule has 1 aliphatic carbocycles. The molecule has 0 radical (unpaired) electrons. The molecule has 0 atom stereocenters. The van der Waals surface area contributed by atoms with Gasteiger partial charge in [-0.2, -0.15) is 5.10 Å². The molecule has 1 saturated carbocycles.